The Morgan fingerprint density at radius 1 is 1.60 bits per heavy atom. The highest BCUT2D eigenvalue weighted by molar-refractivity contribution is 5.92. The maximum Gasteiger partial charge on any atom is 0.335 e. The topological polar surface area (TPSA) is 119 Å². The van der Waals surface area contributed by atoms with Crippen LogP contribution >= 0.6 is 0 Å². The molecule has 1 rings (SSSR count). The fourth-order valence-corrected chi connectivity index (χ4v) is 0.813. The average Bonchev–Trinajstić information content (AvgIpc) is 2.16. The first-order chi connectivity index (χ1) is 7.00. The van der Waals surface area contributed by atoms with Gasteiger partial charge in [0.1, 0.15) is 0 Å². The fraction of sp³-hybridized carbons (Fsp3) is 0. The van der Waals surface area contributed by atoms with Gasteiger partial charge in [-0.15, -0.1) is 0 Å². The van der Waals surface area contributed by atoms with E-state index in [0.717, 1.165) is 12.3 Å². The number of nitrogens with one attached hydrogen (secondary N) is 1. The van der Waals surface area contributed by atoms with Crippen LogP contribution in [0.3, 0.4) is 0 Å². The lowest BCUT2D eigenvalue weighted by atomic mass is 10.2. The van der Waals surface area contributed by atoms with Crippen LogP contribution in [0.25, 0.3) is 0 Å². The van der Waals surface area contributed by atoms with Gasteiger partial charge in [-0.3, -0.25) is 19.7 Å². The molecule has 0 aliphatic heterocycles. The third-order valence-corrected chi connectivity index (χ3v) is 1.41. The summed E-state index contributed by atoms with van der Waals surface area (Å²) in [7, 11) is 0. The predicted octanol–water partition coefficient (Wildman–Crippen LogP) is -0.880. The van der Waals surface area contributed by atoms with E-state index in [0.29, 0.717) is 0 Å². The highest BCUT2D eigenvalue weighted by Gasteiger charge is 2.11. The highest BCUT2D eigenvalue weighted by Crippen LogP contribution is 2.04. The van der Waals surface area contributed by atoms with E-state index in [1.807, 2.05) is 5.92 Å². The molecule has 0 aromatic carbocycles. The van der Waals surface area contributed by atoms with Crippen molar-refractivity contribution in [2.45, 2.75) is 0 Å². The molecule has 0 aliphatic rings. The zero-order chi connectivity index (χ0) is 11.4. The summed E-state index contributed by atoms with van der Waals surface area (Å²) in [5.41, 5.74) is 3.43. The van der Waals surface area contributed by atoms with E-state index in [4.69, 9.17) is 5.73 Å². The number of nitrogens with zero attached hydrogens (tertiary/aromatic N) is 1. The molecular weight excluding hydrogens is 202 g/mol. The first kappa shape index (κ1) is 10.5. The van der Waals surface area contributed by atoms with Gasteiger partial charge in [0.05, 0.1) is 4.92 Å². The SMILES string of the molecule is NC(=O)C#Cc1c[nH]c(=O)c([N+](=O)[O-])c1. The third-order valence-electron chi connectivity index (χ3n) is 1.41. The van der Waals surface area contributed by atoms with E-state index in [2.05, 4.69) is 10.9 Å². The molecule has 1 aromatic rings. The summed E-state index contributed by atoms with van der Waals surface area (Å²) >= 11 is 0. The Kier molecular flexibility index (Phi) is 2.83. The first-order valence-electron chi connectivity index (χ1n) is 3.69. The minimum atomic E-state index is -0.858. The van der Waals surface area contributed by atoms with Crippen LogP contribution in [0.2, 0.25) is 0 Å². The Labute approximate surface area is 83.1 Å². The van der Waals surface area contributed by atoms with Crippen molar-refractivity contribution >= 4 is 11.6 Å². The molecule has 3 N–H and O–H groups in total. The maximum atomic E-state index is 10.9. The van der Waals surface area contributed by atoms with Crippen LogP contribution in [0.15, 0.2) is 17.1 Å². The van der Waals surface area contributed by atoms with Gasteiger partial charge in [-0.25, -0.2) is 0 Å². The molecule has 0 saturated carbocycles. The lowest BCUT2D eigenvalue weighted by Crippen LogP contribution is -2.11. The molecule has 0 bridgehead atoms. The first-order valence-corrected chi connectivity index (χ1v) is 3.69. The number of carbonyl (C=O) groups excluding carboxylic acids is 1. The number of primary amides is 1. The van der Waals surface area contributed by atoms with E-state index in [1.165, 1.54) is 0 Å². The van der Waals surface area contributed by atoms with Crippen LogP contribution < -0.4 is 11.3 Å². The zero-order valence-corrected chi connectivity index (χ0v) is 7.31. The lowest BCUT2D eigenvalue weighted by molar-refractivity contribution is -0.386. The van der Waals surface area contributed by atoms with Gasteiger partial charge in [0.15, 0.2) is 0 Å². The summed E-state index contributed by atoms with van der Waals surface area (Å²) in [5.74, 6) is 3.40. The van der Waals surface area contributed by atoms with Gasteiger partial charge >= 0.3 is 11.2 Å². The molecule has 0 spiro atoms. The minimum absolute atomic E-state index is 0.139. The quantitative estimate of drug-likeness (QED) is 0.353. The van der Waals surface area contributed by atoms with Crippen molar-refractivity contribution in [3.05, 3.63) is 38.3 Å². The number of aromatic nitrogens is 1. The Hall–Kier alpha value is -2.62. The Morgan fingerprint density at radius 3 is 2.80 bits per heavy atom. The van der Waals surface area contributed by atoms with Crippen LogP contribution in [-0.4, -0.2) is 15.8 Å². The lowest BCUT2D eigenvalue weighted by Gasteiger charge is -1.90. The van der Waals surface area contributed by atoms with Gasteiger partial charge in [0.25, 0.3) is 5.91 Å². The number of rotatable bonds is 1. The zero-order valence-electron chi connectivity index (χ0n) is 7.31. The second kappa shape index (κ2) is 4.06. The highest BCUT2D eigenvalue weighted by atomic mass is 16.6. The molecule has 0 radical (unpaired) electrons. The Bertz CT molecular complexity index is 535. The number of H-pyrrole nitrogens is 1. The molecule has 0 saturated heterocycles. The van der Waals surface area contributed by atoms with Crippen LogP contribution in [0.5, 0.6) is 0 Å². The van der Waals surface area contributed by atoms with Crippen molar-refractivity contribution in [1.82, 2.24) is 4.98 Å². The molecule has 0 aliphatic carbocycles. The average molecular weight is 207 g/mol. The van der Waals surface area contributed by atoms with Gasteiger partial charge in [0, 0.05) is 23.7 Å². The van der Waals surface area contributed by atoms with Crippen molar-refractivity contribution in [3.8, 4) is 11.8 Å². The van der Waals surface area contributed by atoms with Crippen molar-refractivity contribution in [2.75, 3.05) is 0 Å². The van der Waals surface area contributed by atoms with E-state index >= 15 is 0 Å². The third kappa shape index (κ3) is 2.67. The second-order valence-corrected chi connectivity index (χ2v) is 2.47. The molecule has 76 valence electrons. The summed E-state index contributed by atoms with van der Waals surface area (Å²) in [4.78, 5) is 32.9. The van der Waals surface area contributed by atoms with Gasteiger partial charge in [0.2, 0.25) is 0 Å². The molecule has 0 fully saturated rings. The van der Waals surface area contributed by atoms with E-state index in [-0.39, 0.29) is 5.56 Å². The monoisotopic (exact) mass is 207 g/mol. The number of hydrogen-bond acceptors (Lipinski definition) is 4. The summed E-state index contributed by atoms with van der Waals surface area (Å²) in [6.07, 6.45) is 1.16. The number of nitrogens with two attached hydrogens (primary N) is 1. The minimum Gasteiger partial charge on any atom is -0.359 e. The van der Waals surface area contributed by atoms with Crippen molar-refractivity contribution in [1.29, 1.82) is 0 Å². The molecule has 1 amide bonds. The number of aromatic amines is 1. The van der Waals surface area contributed by atoms with Crippen LogP contribution in [0.1, 0.15) is 5.56 Å². The predicted molar refractivity (Wildman–Crippen MR) is 49.8 cm³/mol. The number of carbonyl (C=O) groups is 1. The molecular formula is C8H5N3O4. The molecule has 1 heterocycles. The van der Waals surface area contributed by atoms with E-state index in [9.17, 15) is 19.7 Å². The van der Waals surface area contributed by atoms with Crippen LogP contribution in [0.4, 0.5) is 5.69 Å². The summed E-state index contributed by atoms with van der Waals surface area (Å²) in [5, 5.41) is 10.4. The van der Waals surface area contributed by atoms with Gasteiger partial charge < -0.3 is 10.7 Å². The largest absolute Gasteiger partial charge is 0.359 e. The van der Waals surface area contributed by atoms with Crippen molar-refractivity contribution < 1.29 is 9.72 Å². The van der Waals surface area contributed by atoms with Gasteiger partial charge in [-0.1, -0.05) is 5.92 Å². The maximum absolute atomic E-state index is 10.9. The normalized spacial score (nSPS) is 8.80. The molecule has 1 aromatic heterocycles. The van der Waals surface area contributed by atoms with Crippen LogP contribution in [0, 0.1) is 22.0 Å². The molecule has 0 atom stereocenters. The fourth-order valence-electron chi connectivity index (χ4n) is 0.813. The van der Waals surface area contributed by atoms with E-state index < -0.39 is 22.1 Å². The molecule has 7 heteroatoms. The molecule has 7 nitrogen and oxygen atoms in total. The smallest absolute Gasteiger partial charge is 0.335 e. The second-order valence-electron chi connectivity index (χ2n) is 2.47. The van der Waals surface area contributed by atoms with Gasteiger partial charge in [-0.2, -0.15) is 0 Å². The number of pyridine rings is 1. The van der Waals surface area contributed by atoms with Gasteiger partial charge in [-0.05, 0) is 0 Å². The molecule has 0 unspecified atom stereocenters. The summed E-state index contributed by atoms with van der Waals surface area (Å²) in [6.45, 7) is 0. The molecule has 15 heavy (non-hydrogen) atoms. The Morgan fingerprint density at radius 2 is 2.27 bits per heavy atom. The Balaban J connectivity index is 3.21. The standard InChI is InChI=1S/C8H5N3O4/c9-7(12)2-1-5-3-6(11(14)15)8(13)10-4-5/h3-4H,(H2,9,12)(H,10,13). The van der Waals surface area contributed by atoms with Crippen LogP contribution in [-0.2, 0) is 4.79 Å². The number of amides is 1. The van der Waals surface area contributed by atoms with Crippen molar-refractivity contribution in [2.24, 2.45) is 5.73 Å². The number of hydrogen-bond donors (Lipinski definition) is 2. The van der Waals surface area contributed by atoms with E-state index in [1.54, 1.807) is 0 Å². The summed E-state index contributed by atoms with van der Waals surface area (Å²) < 4.78 is 0. The summed E-state index contributed by atoms with van der Waals surface area (Å²) in [6, 6.07) is 0.967. The number of nitro groups is 1. The van der Waals surface area contributed by atoms with Crippen molar-refractivity contribution in [3.63, 3.8) is 0 Å².